The molecule has 2 aromatic carbocycles. The van der Waals surface area contributed by atoms with Crippen LogP contribution in [0.3, 0.4) is 0 Å². The van der Waals surface area contributed by atoms with Crippen LogP contribution in [-0.4, -0.2) is 47.7 Å². The minimum atomic E-state index is -3.36. The quantitative estimate of drug-likeness (QED) is 0.583. The van der Waals surface area contributed by atoms with Crippen molar-refractivity contribution in [3.05, 3.63) is 59.1 Å². The summed E-state index contributed by atoms with van der Waals surface area (Å²) in [5, 5.41) is 12.6. The maximum absolute atomic E-state index is 12.4. The summed E-state index contributed by atoms with van der Waals surface area (Å²) in [4.78, 5) is 13.6. The Hall–Kier alpha value is -2.78. The number of aromatic nitrogens is 4. The zero-order chi connectivity index (χ0) is 19.6. The monoisotopic (exact) mass is 405 g/mol. The molecule has 0 radical (unpaired) electrons. The Morgan fingerprint density at radius 1 is 1.19 bits per heavy atom. The largest absolute Gasteiger partial charge is 0.292 e. The van der Waals surface area contributed by atoms with Crippen molar-refractivity contribution in [3.8, 4) is 11.4 Å². The molecule has 0 atom stereocenters. The van der Waals surface area contributed by atoms with Gasteiger partial charge in [0.2, 0.25) is 15.8 Å². The molecule has 0 aliphatic rings. The number of benzene rings is 2. The Morgan fingerprint density at radius 3 is 2.52 bits per heavy atom. The van der Waals surface area contributed by atoms with E-state index >= 15 is 0 Å². The maximum Gasteiger partial charge on any atom is 0.231 e. The molecule has 27 heavy (non-hydrogen) atoms. The Morgan fingerprint density at radius 2 is 1.89 bits per heavy atom. The third-order valence-electron chi connectivity index (χ3n) is 3.87. The van der Waals surface area contributed by atoms with Crippen molar-refractivity contribution in [1.29, 1.82) is 0 Å². The molecule has 0 aliphatic heterocycles. The summed E-state index contributed by atoms with van der Waals surface area (Å²) in [6.45, 7) is -0.0885. The second-order valence-electron chi connectivity index (χ2n) is 5.85. The van der Waals surface area contributed by atoms with Crippen LogP contribution in [0.15, 0.2) is 48.5 Å². The molecule has 0 saturated heterocycles. The highest BCUT2D eigenvalue weighted by molar-refractivity contribution is 7.92. The van der Waals surface area contributed by atoms with E-state index in [2.05, 4.69) is 15.4 Å². The van der Waals surface area contributed by atoms with Gasteiger partial charge in [0.05, 0.1) is 11.9 Å². The average Bonchev–Trinajstić information content (AvgIpc) is 3.09. The first-order valence-electron chi connectivity index (χ1n) is 7.85. The standard InChI is InChI=1S/C17H16ClN5O3S/c1-22(27(2,25)26)15-8-6-12(7-9-15)16(24)11-23-20-17(19-21-23)13-4-3-5-14(18)10-13/h3-10H,11H2,1-2H3. The molecule has 3 rings (SSSR count). The lowest BCUT2D eigenvalue weighted by molar-refractivity contribution is 0.0961. The number of anilines is 1. The van der Waals surface area contributed by atoms with Crippen molar-refractivity contribution in [2.75, 3.05) is 17.6 Å². The Bertz CT molecular complexity index is 1080. The van der Waals surface area contributed by atoms with Crippen LogP contribution in [0.25, 0.3) is 11.4 Å². The molecule has 1 aromatic heterocycles. The van der Waals surface area contributed by atoms with E-state index in [9.17, 15) is 13.2 Å². The topological polar surface area (TPSA) is 98.1 Å². The lowest BCUT2D eigenvalue weighted by Gasteiger charge is -2.16. The van der Waals surface area contributed by atoms with Gasteiger partial charge in [-0.15, -0.1) is 10.2 Å². The fraction of sp³-hybridized carbons (Fsp3) is 0.176. The zero-order valence-electron chi connectivity index (χ0n) is 14.6. The molecule has 0 amide bonds. The molecule has 1 heterocycles. The molecular weight excluding hydrogens is 390 g/mol. The normalized spacial score (nSPS) is 11.4. The first-order valence-corrected chi connectivity index (χ1v) is 10.1. The van der Waals surface area contributed by atoms with E-state index in [4.69, 9.17) is 11.6 Å². The van der Waals surface area contributed by atoms with Crippen LogP contribution in [0.4, 0.5) is 5.69 Å². The summed E-state index contributed by atoms with van der Waals surface area (Å²) in [7, 11) is -1.91. The van der Waals surface area contributed by atoms with E-state index < -0.39 is 10.0 Å². The summed E-state index contributed by atoms with van der Waals surface area (Å²) < 4.78 is 24.2. The number of halogens is 1. The van der Waals surface area contributed by atoms with Gasteiger partial charge in [-0.1, -0.05) is 23.7 Å². The maximum atomic E-state index is 12.4. The SMILES string of the molecule is CN(c1ccc(C(=O)Cn2nnc(-c3cccc(Cl)c3)n2)cc1)S(C)(=O)=O. The average molecular weight is 406 g/mol. The molecular formula is C17H16ClN5O3S. The van der Waals surface area contributed by atoms with Crippen LogP contribution in [0, 0.1) is 0 Å². The van der Waals surface area contributed by atoms with E-state index in [0.717, 1.165) is 10.6 Å². The molecule has 0 aliphatic carbocycles. The van der Waals surface area contributed by atoms with Gasteiger partial charge >= 0.3 is 0 Å². The second-order valence-corrected chi connectivity index (χ2v) is 8.30. The summed E-state index contributed by atoms with van der Waals surface area (Å²) in [6.07, 6.45) is 1.11. The van der Waals surface area contributed by atoms with Gasteiger partial charge in [0.25, 0.3) is 0 Å². The Balaban J connectivity index is 1.73. The summed E-state index contributed by atoms with van der Waals surface area (Å²) >= 11 is 5.95. The number of carbonyl (C=O) groups is 1. The van der Waals surface area contributed by atoms with Crippen LogP contribution in [0.1, 0.15) is 10.4 Å². The van der Waals surface area contributed by atoms with Crippen molar-refractivity contribution in [2.24, 2.45) is 0 Å². The number of rotatable bonds is 6. The highest BCUT2D eigenvalue weighted by Crippen LogP contribution is 2.19. The second kappa shape index (κ2) is 7.45. The molecule has 140 valence electrons. The molecule has 10 heteroatoms. The van der Waals surface area contributed by atoms with Gasteiger partial charge in [0.1, 0.15) is 6.54 Å². The third-order valence-corrected chi connectivity index (χ3v) is 5.31. The van der Waals surface area contributed by atoms with Crippen LogP contribution >= 0.6 is 11.6 Å². The number of hydrogen-bond donors (Lipinski definition) is 0. The number of ketones is 1. The number of nitrogens with zero attached hydrogens (tertiary/aromatic N) is 5. The van der Waals surface area contributed by atoms with Crippen LogP contribution in [0.5, 0.6) is 0 Å². The number of tetrazole rings is 1. The van der Waals surface area contributed by atoms with Gasteiger partial charge in [-0.25, -0.2) is 8.42 Å². The van der Waals surface area contributed by atoms with Crippen molar-refractivity contribution in [2.45, 2.75) is 6.54 Å². The number of Topliss-reactive ketones (excluding diaryl/α,β-unsaturated/α-hetero) is 1. The fourth-order valence-corrected chi connectivity index (χ4v) is 3.02. The molecule has 0 saturated carbocycles. The van der Waals surface area contributed by atoms with E-state index in [1.165, 1.54) is 11.8 Å². The lowest BCUT2D eigenvalue weighted by atomic mass is 10.1. The predicted molar refractivity (Wildman–Crippen MR) is 102 cm³/mol. The summed E-state index contributed by atoms with van der Waals surface area (Å²) in [5.74, 6) is 0.147. The first-order chi connectivity index (χ1) is 12.7. The van der Waals surface area contributed by atoms with E-state index in [1.807, 2.05) is 0 Å². The van der Waals surface area contributed by atoms with E-state index in [-0.39, 0.29) is 12.3 Å². The molecule has 3 aromatic rings. The van der Waals surface area contributed by atoms with Crippen molar-refractivity contribution in [3.63, 3.8) is 0 Å². The molecule has 0 fully saturated rings. The van der Waals surface area contributed by atoms with Crippen LogP contribution < -0.4 is 4.31 Å². The first kappa shape index (κ1) is 19.0. The van der Waals surface area contributed by atoms with Crippen LogP contribution in [-0.2, 0) is 16.6 Å². The number of sulfonamides is 1. The number of carbonyl (C=O) groups excluding carboxylic acids is 1. The van der Waals surface area contributed by atoms with Crippen molar-refractivity contribution < 1.29 is 13.2 Å². The van der Waals surface area contributed by atoms with Gasteiger partial charge in [-0.05, 0) is 41.6 Å². The lowest BCUT2D eigenvalue weighted by Crippen LogP contribution is -2.24. The van der Waals surface area contributed by atoms with Gasteiger partial charge in [-0.2, -0.15) is 4.80 Å². The minimum absolute atomic E-state index is 0.0885. The van der Waals surface area contributed by atoms with E-state index in [1.54, 1.807) is 48.5 Å². The van der Waals surface area contributed by atoms with Crippen molar-refractivity contribution in [1.82, 2.24) is 20.2 Å². The molecule has 8 nitrogen and oxygen atoms in total. The molecule has 0 spiro atoms. The van der Waals surface area contributed by atoms with E-state index in [0.29, 0.717) is 27.7 Å². The number of hydrogen-bond acceptors (Lipinski definition) is 6. The Kier molecular flexibility index (Phi) is 5.24. The Labute approximate surface area is 161 Å². The molecule has 0 N–H and O–H groups in total. The zero-order valence-corrected chi connectivity index (χ0v) is 16.1. The fourth-order valence-electron chi connectivity index (χ4n) is 2.32. The summed E-state index contributed by atoms with van der Waals surface area (Å²) in [5.41, 5.74) is 1.59. The molecule has 0 unspecified atom stereocenters. The summed E-state index contributed by atoms with van der Waals surface area (Å²) in [6, 6.07) is 13.3. The third kappa shape index (κ3) is 4.50. The van der Waals surface area contributed by atoms with Gasteiger partial charge in [-0.3, -0.25) is 9.10 Å². The van der Waals surface area contributed by atoms with Gasteiger partial charge in [0, 0.05) is 23.2 Å². The van der Waals surface area contributed by atoms with Gasteiger partial charge < -0.3 is 0 Å². The van der Waals surface area contributed by atoms with Crippen molar-refractivity contribution >= 4 is 33.1 Å². The van der Waals surface area contributed by atoms with Gasteiger partial charge in [0.15, 0.2) is 5.78 Å². The highest BCUT2D eigenvalue weighted by atomic mass is 35.5. The minimum Gasteiger partial charge on any atom is -0.292 e. The smallest absolute Gasteiger partial charge is 0.231 e. The molecule has 0 bridgehead atoms. The predicted octanol–water partition coefficient (Wildman–Crippen LogP) is 2.27. The highest BCUT2D eigenvalue weighted by Gasteiger charge is 2.14. The van der Waals surface area contributed by atoms with Crippen LogP contribution in [0.2, 0.25) is 5.02 Å².